The highest BCUT2D eigenvalue weighted by Gasteiger charge is 2.27. The van der Waals surface area contributed by atoms with Gasteiger partial charge in [-0.05, 0) is 31.4 Å². The second-order valence-corrected chi connectivity index (χ2v) is 5.26. The van der Waals surface area contributed by atoms with E-state index in [1.165, 1.54) is 18.9 Å². The molecule has 0 bridgehead atoms. The summed E-state index contributed by atoms with van der Waals surface area (Å²) >= 11 is 0. The summed E-state index contributed by atoms with van der Waals surface area (Å²) in [4.78, 5) is 3.99. The molecule has 1 rings (SSSR count). The van der Waals surface area contributed by atoms with Gasteiger partial charge in [0.2, 0.25) is 0 Å². The summed E-state index contributed by atoms with van der Waals surface area (Å²) in [7, 11) is 0. The van der Waals surface area contributed by atoms with Crippen molar-refractivity contribution in [1.29, 1.82) is 0 Å². The van der Waals surface area contributed by atoms with Crippen LogP contribution in [0.1, 0.15) is 58.6 Å². The normalized spacial score (nSPS) is 16.3. The molecule has 1 heterocycles. The first-order valence-corrected chi connectivity index (χ1v) is 6.84. The minimum Gasteiger partial charge on any atom is -0.384 e. The predicted molar refractivity (Wildman–Crippen MR) is 71.7 cm³/mol. The van der Waals surface area contributed by atoms with E-state index < -0.39 is 5.60 Å². The van der Waals surface area contributed by atoms with Crippen molar-refractivity contribution in [3.8, 4) is 0 Å². The predicted octanol–water partition coefficient (Wildman–Crippen LogP) is 4.03. The molecule has 2 nitrogen and oxygen atoms in total. The molecule has 18 heavy (non-hydrogen) atoms. The van der Waals surface area contributed by atoms with Gasteiger partial charge in [0.15, 0.2) is 0 Å². The molecular formula is C15H24FNO. The number of hydrogen-bond donors (Lipinski definition) is 1. The minimum atomic E-state index is -0.970. The summed E-state index contributed by atoms with van der Waals surface area (Å²) in [6, 6.07) is 2.92. The third kappa shape index (κ3) is 4.37. The van der Waals surface area contributed by atoms with Crippen molar-refractivity contribution >= 4 is 0 Å². The smallest absolute Gasteiger partial charge is 0.141 e. The molecule has 0 saturated carbocycles. The molecule has 0 aliphatic carbocycles. The number of pyridine rings is 1. The number of halogens is 1. The topological polar surface area (TPSA) is 33.1 Å². The molecule has 0 saturated heterocycles. The maximum atomic E-state index is 12.8. The zero-order valence-electron chi connectivity index (χ0n) is 11.6. The Balaban J connectivity index is 2.69. The lowest BCUT2D eigenvalue weighted by Crippen LogP contribution is -2.26. The van der Waals surface area contributed by atoms with Gasteiger partial charge in [-0.25, -0.2) is 4.39 Å². The summed E-state index contributed by atoms with van der Waals surface area (Å²) in [6.45, 7) is 6.09. The highest BCUT2D eigenvalue weighted by Crippen LogP contribution is 2.30. The molecule has 0 aromatic carbocycles. The quantitative estimate of drug-likeness (QED) is 0.795. The number of nitrogens with zero attached hydrogens (tertiary/aromatic N) is 1. The van der Waals surface area contributed by atoms with Crippen LogP contribution in [0.4, 0.5) is 4.39 Å². The molecule has 0 spiro atoms. The Labute approximate surface area is 109 Å². The molecule has 2 atom stereocenters. The first-order chi connectivity index (χ1) is 8.49. The number of aliphatic hydroxyl groups is 1. The van der Waals surface area contributed by atoms with Crippen LogP contribution in [0.3, 0.4) is 0 Å². The molecule has 0 radical (unpaired) electrons. The van der Waals surface area contributed by atoms with E-state index in [0.717, 1.165) is 19.0 Å². The van der Waals surface area contributed by atoms with Gasteiger partial charge in [0.1, 0.15) is 11.4 Å². The van der Waals surface area contributed by atoms with E-state index in [9.17, 15) is 9.50 Å². The lowest BCUT2D eigenvalue weighted by Gasteiger charge is -2.27. The van der Waals surface area contributed by atoms with Gasteiger partial charge in [0.05, 0.1) is 11.9 Å². The van der Waals surface area contributed by atoms with Crippen LogP contribution < -0.4 is 0 Å². The van der Waals surface area contributed by atoms with Crippen molar-refractivity contribution in [2.24, 2.45) is 5.92 Å². The Kier molecular flexibility index (Phi) is 5.73. The van der Waals surface area contributed by atoms with Gasteiger partial charge in [-0.1, -0.05) is 39.5 Å². The fourth-order valence-electron chi connectivity index (χ4n) is 2.30. The second-order valence-electron chi connectivity index (χ2n) is 5.26. The Hall–Kier alpha value is -0.960. The Morgan fingerprint density at radius 1 is 1.39 bits per heavy atom. The van der Waals surface area contributed by atoms with Gasteiger partial charge in [0.25, 0.3) is 0 Å². The van der Waals surface area contributed by atoms with E-state index in [1.54, 1.807) is 13.0 Å². The Morgan fingerprint density at radius 2 is 2.11 bits per heavy atom. The van der Waals surface area contributed by atoms with Crippen molar-refractivity contribution in [3.05, 3.63) is 29.8 Å². The van der Waals surface area contributed by atoms with E-state index in [-0.39, 0.29) is 5.82 Å². The number of rotatable bonds is 7. The third-order valence-corrected chi connectivity index (χ3v) is 3.51. The highest BCUT2D eigenvalue weighted by atomic mass is 19.1. The zero-order valence-corrected chi connectivity index (χ0v) is 11.6. The minimum absolute atomic E-state index is 0.368. The third-order valence-electron chi connectivity index (χ3n) is 3.51. The fraction of sp³-hybridized carbons (Fsp3) is 0.667. The molecule has 2 unspecified atom stereocenters. The first kappa shape index (κ1) is 15.1. The average molecular weight is 253 g/mol. The van der Waals surface area contributed by atoms with Crippen LogP contribution in [0.5, 0.6) is 0 Å². The van der Waals surface area contributed by atoms with Crippen LogP contribution in [-0.4, -0.2) is 10.1 Å². The van der Waals surface area contributed by atoms with Crippen LogP contribution in [0.2, 0.25) is 0 Å². The van der Waals surface area contributed by atoms with Crippen LogP contribution in [-0.2, 0) is 5.60 Å². The summed E-state index contributed by atoms with van der Waals surface area (Å²) < 4.78 is 12.8. The van der Waals surface area contributed by atoms with E-state index in [2.05, 4.69) is 18.8 Å². The summed E-state index contributed by atoms with van der Waals surface area (Å²) in [5.41, 5.74) is -0.416. The Morgan fingerprint density at radius 3 is 2.61 bits per heavy atom. The van der Waals surface area contributed by atoms with Crippen LogP contribution in [0, 0.1) is 11.7 Å². The summed E-state index contributed by atoms with van der Waals surface area (Å²) in [5, 5.41) is 10.5. The van der Waals surface area contributed by atoms with E-state index >= 15 is 0 Å². The maximum Gasteiger partial charge on any atom is 0.141 e. The summed E-state index contributed by atoms with van der Waals surface area (Å²) in [6.07, 6.45) is 6.39. The number of aromatic nitrogens is 1. The fourth-order valence-corrected chi connectivity index (χ4v) is 2.30. The van der Waals surface area contributed by atoms with Crippen molar-refractivity contribution in [2.45, 2.75) is 58.5 Å². The molecule has 0 fully saturated rings. The van der Waals surface area contributed by atoms with Gasteiger partial charge in [-0.2, -0.15) is 0 Å². The molecule has 0 aliphatic rings. The first-order valence-electron chi connectivity index (χ1n) is 6.84. The Bertz CT molecular complexity index is 348. The van der Waals surface area contributed by atoms with Gasteiger partial charge in [0, 0.05) is 0 Å². The zero-order chi connectivity index (χ0) is 13.6. The van der Waals surface area contributed by atoms with Gasteiger partial charge >= 0.3 is 0 Å². The van der Waals surface area contributed by atoms with Crippen LogP contribution >= 0.6 is 0 Å². The largest absolute Gasteiger partial charge is 0.384 e. The standard InChI is InChI=1S/C15H24FNO/c1-4-6-7-12(5-2)10-15(3,18)14-9-8-13(16)11-17-14/h8-9,11-12,18H,4-7,10H2,1-3H3. The van der Waals surface area contributed by atoms with Crippen molar-refractivity contribution in [2.75, 3.05) is 0 Å². The number of hydrogen-bond acceptors (Lipinski definition) is 2. The van der Waals surface area contributed by atoms with Crippen LogP contribution in [0.25, 0.3) is 0 Å². The van der Waals surface area contributed by atoms with Crippen molar-refractivity contribution in [3.63, 3.8) is 0 Å². The lowest BCUT2D eigenvalue weighted by atomic mass is 9.85. The molecule has 1 N–H and O–H groups in total. The van der Waals surface area contributed by atoms with E-state index in [1.807, 2.05) is 0 Å². The molecular weight excluding hydrogens is 229 g/mol. The second kappa shape index (κ2) is 6.83. The molecule has 102 valence electrons. The lowest BCUT2D eigenvalue weighted by molar-refractivity contribution is 0.0233. The number of unbranched alkanes of at least 4 members (excludes halogenated alkanes) is 1. The molecule has 1 aromatic heterocycles. The SMILES string of the molecule is CCCCC(CC)CC(C)(O)c1ccc(F)cn1. The average Bonchev–Trinajstić information content (AvgIpc) is 2.35. The highest BCUT2D eigenvalue weighted by molar-refractivity contribution is 5.12. The maximum absolute atomic E-state index is 12.8. The van der Waals surface area contributed by atoms with Crippen molar-refractivity contribution in [1.82, 2.24) is 4.98 Å². The monoisotopic (exact) mass is 253 g/mol. The molecule has 3 heteroatoms. The molecule has 0 amide bonds. The van der Waals surface area contributed by atoms with Crippen LogP contribution in [0.15, 0.2) is 18.3 Å². The van der Waals surface area contributed by atoms with E-state index in [0.29, 0.717) is 18.0 Å². The molecule has 0 aliphatic heterocycles. The molecule has 1 aromatic rings. The van der Waals surface area contributed by atoms with Crippen molar-refractivity contribution < 1.29 is 9.50 Å². The van der Waals surface area contributed by atoms with Gasteiger partial charge in [-0.3, -0.25) is 4.98 Å². The van der Waals surface area contributed by atoms with E-state index in [4.69, 9.17) is 0 Å². The van der Waals surface area contributed by atoms with Gasteiger partial charge < -0.3 is 5.11 Å². The van der Waals surface area contributed by atoms with Gasteiger partial charge in [-0.15, -0.1) is 0 Å². The summed E-state index contributed by atoms with van der Waals surface area (Å²) in [5.74, 6) is 0.124.